The molecular formula is C15H26O. The summed E-state index contributed by atoms with van der Waals surface area (Å²) >= 11 is 0. The molecule has 2 fully saturated rings. The molecule has 0 radical (unpaired) electrons. The van der Waals surface area contributed by atoms with Crippen molar-refractivity contribution in [3.63, 3.8) is 0 Å². The van der Waals surface area contributed by atoms with E-state index in [9.17, 15) is 4.79 Å². The highest BCUT2D eigenvalue weighted by molar-refractivity contribution is 5.80. The van der Waals surface area contributed by atoms with Gasteiger partial charge in [0.2, 0.25) is 0 Å². The lowest BCUT2D eigenvalue weighted by Gasteiger charge is -2.55. The summed E-state index contributed by atoms with van der Waals surface area (Å²) in [7, 11) is 0. The fraction of sp³-hybridized carbons (Fsp3) is 0.933. The van der Waals surface area contributed by atoms with E-state index >= 15 is 0 Å². The van der Waals surface area contributed by atoms with E-state index in [2.05, 4.69) is 13.8 Å². The van der Waals surface area contributed by atoms with Gasteiger partial charge in [0.1, 0.15) is 5.78 Å². The van der Waals surface area contributed by atoms with Gasteiger partial charge in [-0.15, -0.1) is 0 Å². The molecule has 16 heavy (non-hydrogen) atoms. The van der Waals surface area contributed by atoms with E-state index < -0.39 is 0 Å². The largest absolute Gasteiger partial charge is 0.300 e. The monoisotopic (exact) mass is 222 g/mol. The molecule has 0 spiro atoms. The maximum atomic E-state index is 11.8. The van der Waals surface area contributed by atoms with Gasteiger partial charge in [-0.25, -0.2) is 0 Å². The molecule has 0 amide bonds. The predicted octanol–water partition coefficient (Wildman–Crippen LogP) is 4.50. The standard InChI is InChI=1S/C15H26O/c1-3-4-9-15-10-6-5-8-14(15,2)11-7-13(16)12-15/h3-12H2,1-2H3/t14-,15+/m0/s1. The van der Waals surface area contributed by atoms with Gasteiger partial charge < -0.3 is 0 Å². The Hall–Kier alpha value is -0.330. The second-order valence-electron chi connectivity index (χ2n) is 6.37. The number of unbranched alkanes of at least 4 members (excludes halogenated alkanes) is 1. The van der Waals surface area contributed by atoms with E-state index in [0.29, 0.717) is 16.6 Å². The van der Waals surface area contributed by atoms with Crippen molar-refractivity contribution in [2.24, 2.45) is 10.8 Å². The SMILES string of the molecule is CCCC[C@]12CCCC[C@@]1(C)CCC(=O)C2. The lowest BCUT2D eigenvalue weighted by atomic mass is 9.49. The number of carbonyl (C=O) groups is 1. The Morgan fingerprint density at radius 3 is 2.69 bits per heavy atom. The average Bonchev–Trinajstić information content (AvgIpc) is 2.27. The molecule has 0 saturated heterocycles. The zero-order valence-electron chi connectivity index (χ0n) is 11.0. The summed E-state index contributed by atoms with van der Waals surface area (Å²) in [5, 5.41) is 0. The number of hydrogen-bond donors (Lipinski definition) is 0. The Kier molecular flexibility index (Phi) is 3.42. The molecule has 2 aliphatic carbocycles. The number of fused-ring (bicyclic) bond motifs is 1. The third kappa shape index (κ3) is 1.94. The molecule has 1 nitrogen and oxygen atoms in total. The van der Waals surface area contributed by atoms with Gasteiger partial charge in [0.05, 0.1) is 0 Å². The van der Waals surface area contributed by atoms with Crippen molar-refractivity contribution in [2.75, 3.05) is 0 Å². The minimum atomic E-state index is 0.386. The van der Waals surface area contributed by atoms with Crippen molar-refractivity contribution in [2.45, 2.75) is 78.1 Å². The van der Waals surface area contributed by atoms with Gasteiger partial charge in [-0.05, 0) is 36.5 Å². The highest BCUT2D eigenvalue weighted by Crippen LogP contribution is 2.60. The van der Waals surface area contributed by atoms with Crippen LogP contribution in [0.3, 0.4) is 0 Å². The Balaban J connectivity index is 2.20. The van der Waals surface area contributed by atoms with Gasteiger partial charge in [-0.3, -0.25) is 4.79 Å². The van der Waals surface area contributed by atoms with Gasteiger partial charge >= 0.3 is 0 Å². The van der Waals surface area contributed by atoms with Crippen molar-refractivity contribution in [3.8, 4) is 0 Å². The zero-order valence-corrected chi connectivity index (χ0v) is 11.0. The average molecular weight is 222 g/mol. The van der Waals surface area contributed by atoms with Crippen molar-refractivity contribution >= 4 is 5.78 Å². The molecule has 0 aromatic carbocycles. The molecule has 1 heteroatoms. The fourth-order valence-corrected chi connectivity index (χ4v) is 4.15. The molecule has 0 heterocycles. The molecule has 0 N–H and O–H groups in total. The normalized spacial score (nSPS) is 39.5. The molecule has 0 bridgehead atoms. The highest BCUT2D eigenvalue weighted by atomic mass is 16.1. The Labute approximate surface area is 100.0 Å². The fourth-order valence-electron chi connectivity index (χ4n) is 4.15. The van der Waals surface area contributed by atoms with Crippen LogP contribution in [0.15, 0.2) is 0 Å². The minimum Gasteiger partial charge on any atom is -0.300 e. The van der Waals surface area contributed by atoms with Gasteiger partial charge in [-0.1, -0.05) is 39.5 Å². The number of Topliss-reactive ketones (excluding diaryl/α,β-unsaturated/α-hetero) is 1. The van der Waals surface area contributed by atoms with E-state index in [-0.39, 0.29) is 0 Å². The summed E-state index contributed by atoms with van der Waals surface area (Å²) in [6.07, 6.45) is 12.2. The molecule has 0 aliphatic heterocycles. The molecule has 2 saturated carbocycles. The maximum Gasteiger partial charge on any atom is 0.133 e. The Morgan fingerprint density at radius 1 is 1.19 bits per heavy atom. The number of carbonyl (C=O) groups excluding carboxylic acids is 1. The smallest absolute Gasteiger partial charge is 0.133 e. The van der Waals surface area contributed by atoms with Crippen LogP contribution < -0.4 is 0 Å². The maximum absolute atomic E-state index is 11.8. The van der Waals surface area contributed by atoms with Crippen LogP contribution in [0, 0.1) is 10.8 Å². The van der Waals surface area contributed by atoms with Crippen LogP contribution in [0.25, 0.3) is 0 Å². The first-order valence-corrected chi connectivity index (χ1v) is 7.14. The summed E-state index contributed by atoms with van der Waals surface area (Å²) in [5.74, 6) is 0.537. The third-order valence-electron chi connectivity index (χ3n) is 5.41. The number of ketones is 1. The molecule has 2 atom stereocenters. The van der Waals surface area contributed by atoms with E-state index in [4.69, 9.17) is 0 Å². The lowest BCUT2D eigenvalue weighted by molar-refractivity contribution is -0.135. The van der Waals surface area contributed by atoms with E-state index in [0.717, 1.165) is 19.3 Å². The summed E-state index contributed by atoms with van der Waals surface area (Å²) in [6, 6.07) is 0. The van der Waals surface area contributed by atoms with Gasteiger partial charge in [0, 0.05) is 12.8 Å². The first kappa shape index (κ1) is 12.1. The summed E-state index contributed by atoms with van der Waals surface area (Å²) in [4.78, 5) is 11.8. The molecule has 2 rings (SSSR count). The van der Waals surface area contributed by atoms with E-state index in [1.165, 1.54) is 44.9 Å². The van der Waals surface area contributed by atoms with Crippen LogP contribution in [-0.4, -0.2) is 5.78 Å². The number of hydrogen-bond acceptors (Lipinski definition) is 1. The first-order chi connectivity index (χ1) is 7.62. The second kappa shape index (κ2) is 4.50. The van der Waals surface area contributed by atoms with Crippen LogP contribution in [-0.2, 0) is 4.79 Å². The highest BCUT2D eigenvalue weighted by Gasteiger charge is 2.51. The van der Waals surface area contributed by atoms with Crippen LogP contribution in [0.2, 0.25) is 0 Å². The molecular weight excluding hydrogens is 196 g/mol. The van der Waals surface area contributed by atoms with Gasteiger partial charge in [0.25, 0.3) is 0 Å². The second-order valence-corrected chi connectivity index (χ2v) is 6.37. The van der Waals surface area contributed by atoms with Crippen molar-refractivity contribution in [1.29, 1.82) is 0 Å². The zero-order chi connectivity index (χ0) is 11.6. The van der Waals surface area contributed by atoms with E-state index in [1.54, 1.807) is 0 Å². The van der Waals surface area contributed by atoms with Crippen molar-refractivity contribution in [1.82, 2.24) is 0 Å². The molecule has 0 aromatic heterocycles. The molecule has 0 aromatic rings. The van der Waals surface area contributed by atoms with E-state index in [1.807, 2.05) is 0 Å². The minimum absolute atomic E-state index is 0.386. The molecule has 92 valence electrons. The lowest BCUT2D eigenvalue weighted by Crippen LogP contribution is -2.47. The van der Waals surface area contributed by atoms with Crippen LogP contribution in [0.5, 0.6) is 0 Å². The summed E-state index contributed by atoms with van der Waals surface area (Å²) < 4.78 is 0. The van der Waals surface area contributed by atoms with Gasteiger partial charge in [-0.2, -0.15) is 0 Å². The molecule has 2 aliphatic rings. The number of rotatable bonds is 3. The third-order valence-corrected chi connectivity index (χ3v) is 5.41. The predicted molar refractivity (Wildman–Crippen MR) is 67.4 cm³/mol. The quantitative estimate of drug-likeness (QED) is 0.687. The van der Waals surface area contributed by atoms with Crippen LogP contribution in [0.4, 0.5) is 0 Å². The van der Waals surface area contributed by atoms with Crippen LogP contribution in [0.1, 0.15) is 78.1 Å². The molecule has 0 unspecified atom stereocenters. The Bertz CT molecular complexity index is 271. The first-order valence-electron chi connectivity index (χ1n) is 7.14. The summed E-state index contributed by atoms with van der Waals surface area (Å²) in [5.41, 5.74) is 0.866. The summed E-state index contributed by atoms with van der Waals surface area (Å²) in [6.45, 7) is 4.73. The Morgan fingerprint density at radius 2 is 1.94 bits per heavy atom. The topological polar surface area (TPSA) is 17.1 Å². The van der Waals surface area contributed by atoms with Crippen molar-refractivity contribution < 1.29 is 4.79 Å². The van der Waals surface area contributed by atoms with Gasteiger partial charge in [0.15, 0.2) is 0 Å². The van der Waals surface area contributed by atoms with Crippen LogP contribution >= 0.6 is 0 Å². The van der Waals surface area contributed by atoms with Crippen molar-refractivity contribution in [3.05, 3.63) is 0 Å².